The average Bonchev–Trinajstić information content (AvgIpc) is 2.45. The van der Waals surface area contributed by atoms with E-state index in [1.165, 1.54) is 12.1 Å². The summed E-state index contributed by atoms with van der Waals surface area (Å²) in [6, 6.07) is 3.12. The lowest BCUT2D eigenvalue weighted by Gasteiger charge is -2.19. The van der Waals surface area contributed by atoms with Gasteiger partial charge in [0.1, 0.15) is 19.3 Å². The number of carbonyl (C=O) groups excluding carboxylic acids is 2. The molecule has 2 amide bonds. The first kappa shape index (κ1) is 14.6. The van der Waals surface area contributed by atoms with Crippen molar-refractivity contribution in [2.45, 2.75) is 12.5 Å². The van der Waals surface area contributed by atoms with Gasteiger partial charge in [0.15, 0.2) is 11.5 Å². The lowest BCUT2D eigenvalue weighted by atomic mass is 10.1. The number of carbonyl (C=O) groups is 3. The van der Waals surface area contributed by atoms with Crippen LogP contribution >= 0.6 is 0 Å². The number of amides is 2. The molecule has 4 N–H and O–H groups in total. The highest BCUT2D eigenvalue weighted by molar-refractivity contribution is 5.98. The Morgan fingerprint density at radius 3 is 2.52 bits per heavy atom. The van der Waals surface area contributed by atoms with Crippen molar-refractivity contribution in [1.82, 2.24) is 5.32 Å². The van der Waals surface area contributed by atoms with E-state index in [0.717, 1.165) is 0 Å². The number of nitrogens with two attached hydrogens (primary N) is 1. The Morgan fingerprint density at radius 2 is 1.90 bits per heavy atom. The van der Waals surface area contributed by atoms with Gasteiger partial charge < -0.3 is 25.6 Å². The molecule has 0 saturated heterocycles. The molecule has 8 heteroatoms. The fourth-order valence-corrected chi connectivity index (χ4v) is 1.83. The lowest BCUT2D eigenvalue weighted by molar-refractivity contribution is -0.140. The van der Waals surface area contributed by atoms with Gasteiger partial charge in [-0.1, -0.05) is 0 Å². The summed E-state index contributed by atoms with van der Waals surface area (Å²) in [6.45, 7) is 0.801. The van der Waals surface area contributed by atoms with Crippen LogP contribution in [0.25, 0.3) is 0 Å². The number of primary amides is 1. The number of fused-ring (bicyclic) bond motifs is 1. The van der Waals surface area contributed by atoms with Crippen molar-refractivity contribution >= 4 is 17.8 Å². The van der Waals surface area contributed by atoms with Crippen LogP contribution in [0.3, 0.4) is 0 Å². The van der Waals surface area contributed by atoms with Crippen LogP contribution in [0.4, 0.5) is 0 Å². The molecular weight excluding hydrogens is 280 g/mol. The van der Waals surface area contributed by atoms with E-state index >= 15 is 0 Å². The highest BCUT2D eigenvalue weighted by atomic mass is 16.6. The minimum Gasteiger partial charge on any atom is -0.486 e. The molecule has 1 heterocycles. The predicted octanol–water partition coefficient (Wildman–Crippen LogP) is -0.484. The minimum atomic E-state index is -1.37. The minimum absolute atomic E-state index is 0.204. The molecule has 1 aromatic rings. The monoisotopic (exact) mass is 294 g/mol. The molecule has 1 atom stereocenters. The average molecular weight is 294 g/mol. The molecule has 2 rings (SSSR count). The van der Waals surface area contributed by atoms with Crippen LogP contribution in [0, 0.1) is 0 Å². The Bertz CT molecular complexity index is 586. The number of benzene rings is 1. The van der Waals surface area contributed by atoms with E-state index in [1.807, 2.05) is 0 Å². The molecule has 0 spiro atoms. The van der Waals surface area contributed by atoms with Crippen molar-refractivity contribution in [3.63, 3.8) is 0 Å². The van der Waals surface area contributed by atoms with Gasteiger partial charge in [0.05, 0.1) is 6.42 Å². The van der Waals surface area contributed by atoms with Crippen LogP contribution in [-0.4, -0.2) is 42.1 Å². The van der Waals surface area contributed by atoms with Gasteiger partial charge in [-0.05, 0) is 18.2 Å². The molecule has 21 heavy (non-hydrogen) atoms. The van der Waals surface area contributed by atoms with Gasteiger partial charge in [0, 0.05) is 5.56 Å². The third-order valence-electron chi connectivity index (χ3n) is 2.81. The SMILES string of the molecule is NC(=O)C[C@@H](NC(=O)c1ccc2c(c1)OCCO2)C(=O)O. The van der Waals surface area contributed by atoms with E-state index in [4.69, 9.17) is 20.3 Å². The molecule has 0 radical (unpaired) electrons. The van der Waals surface area contributed by atoms with Crippen molar-refractivity contribution in [1.29, 1.82) is 0 Å². The second-order valence-corrected chi connectivity index (χ2v) is 4.39. The Hall–Kier alpha value is -2.77. The maximum absolute atomic E-state index is 12.0. The molecule has 1 aliphatic heterocycles. The van der Waals surface area contributed by atoms with Crippen molar-refractivity contribution in [2.75, 3.05) is 13.2 Å². The number of rotatable bonds is 5. The normalized spacial score (nSPS) is 14.1. The zero-order chi connectivity index (χ0) is 15.4. The van der Waals surface area contributed by atoms with Crippen LogP contribution in [0.2, 0.25) is 0 Å². The first-order valence-electron chi connectivity index (χ1n) is 6.19. The number of carboxylic acids is 1. The van der Waals surface area contributed by atoms with Crippen LogP contribution < -0.4 is 20.5 Å². The molecule has 0 bridgehead atoms. The fourth-order valence-electron chi connectivity index (χ4n) is 1.83. The Morgan fingerprint density at radius 1 is 1.24 bits per heavy atom. The highest BCUT2D eigenvalue weighted by Crippen LogP contribution is 2.30. The molecule has 1 aliphatic rings. The van der Waals surface area contributed by atoms with Gasteiger partial charge in [0.25, 0.3) is 5.91 Å². The summed E-state index contributed by atoms with van der Waals surface area (Å²) in [7, 11) is 0. The second kappa shape index (κ2) is 6.12. The van der Waals surface area contributed by atoms with Crippen molar-refractivity contribution in [3.05, 3.63) is 23.8 Å². The van der Waals surface area contributed by atoms with E-state index in [0.29, 0.717) is 24.7 Å². The van der Waals surface area contributed by atoms with Gasteiger partial charge in [-0.2, -0.15) is 0 Å². The zero-order valence-corrected chi connectivity index (χ0v) is 11.0. The van der Waals surface area contributed by atoms with Crippen LogP contribution in [0.15, 0.2) is 18.2 Å². The molecule has 0 unspecified atom stereocenters. The van der Waals surface area contributed by atoms with Crippen molar-refractivity contribution in [3.8, 4) is 11.5 Å². The molecule has 8 nitrogen and oxygen atoms in total. The summed E-state index contributed by atoms with van der Waals surface area (Å²) in [4.78, 5) is 33.8. The van der Waals surface area contributed by atoms with E-state index in [2.05, 4.69) is 5.32 Å². The van der Waals surface area contributed by atoms with Crippen LogP contribution in [0.1, 0.15) is 16.8 Å². The summed E-state index contributed by atoms with van der Waals surface area (Å²) in [5, 5.41) is 11.2. The molecule has 0 fully saturated rings. The Labute approximate surface area is 119 Å². The van der Waals surface area contributed by atoms with E-state index in [9.17, 15) is 14.4 Å². The molecule has 0 aromatic heterocycles. The lowest BCUT2D eigenvalue weighted by Crippen LogP contribution is -2.43. The largest absolute Gasteiger partial charge is 0.486 e. The van der Waals surface area contributed by atoms with Crippen LogP contribution in [0.5, 0.6) is 11.5 Å². The fraction of sp³-hybridized carbons (Fsp3) is 0.308. The number of aliphatic carboxylic acids is 1. The summed E-state index contributed by atoms with van der Waals surface area (Å²) < 4.78 is 10.7. The van der Waals surface area contributed by atoms with E-state index in [-0.39, 0.29) is 5.56 Å². The number of hydrogen-bond donors (Lipinski definition) is 3. The summed E-state index contributed by atoms with van der Waals surface area (Å²) in [5.74, 6) is -1.86. The molecule has 0 aliphatic carbocycles. The third-order valence-corrected chi connectivity index (χ3v) is 2.81. The van der Waals surface area contributed by atoms with Crippen molar-refractivity contribution in [2.24, 2.45) is 5.73 Å². The number of hydrogen-bond acceptors (Lipinski definition) is 5. The Kier molecular flexibility index (Phi) is 4.27. The standard InChI is InChI=1S/C13H14N2O6/c14-11(16)6-8(13(18)19)15-12(17)7-1-2-9-10(5-7)21-4-3-20-9/h1-2,5,8H,3-4,6H2,(H2,14,16)(H,15,17)(H,18,19)/t8-/m1/s1. The molecule has 0 saturated carbocycles. The number of ether oxygens (including phenoxy) is 2. The summed E-state index contributed by atoms with van der Waals surface area (Å²) in [5.41, 5.74) is 5.15. The maximum atomic E-state index is 12.0. The quantitative estimate of drug-likeness (QED) is 0.672. The summed E-state index contributed by atoms with van der Waals surface area (Å²) in [6.07, 6.45) is -0.481. The third kappa shape index (κ3) is 3.62. The number of nitrogens with one attached hydrogen (secondary N) is 1. The second-order valence-electron chi connectivity index (χ2n) is 4.39. The van der Waals surface area contributed by atoms with Gasteiger partial charge in [-0.25, -0.2) is 4.79 Å². The smallest absolute Gasteiger partial charge is 0.326 e. The van der Waals surface area contributed by atoms with E-state index < -0.39 is 30.2 Å². The van der Waals surface area contributed by atoms with Gasteiger partial charge in [-0.3, -0.25) is 9.59 Å². The van der Waals surface area contributed by atoms with Gasteiger partial charge in [-0.15, -0.1) is 0 Å². The summed E-state index contributed by atoms with van der Waals surface area (Å²) >= 11 is 0. The van der Waals surface area contributed by atoms with Crippen molar-refractivity contribution < 1.29 is 29.0 Å². The van der Waals surface area contributed by atoms with Crippen LogP contribution in [-0.2, 0) is 9.59 Å². The molecule has 112 valence electrons. The maximum Gasteiger partial charge on any atom is 0.326 e. The zero-order valence-electron chi connectivity index (χ0n) is 11.0. The molecular formula is C13H14N2O6. The van der Waals surface area contributed by atoms with Gasteiger partial charge in [0.2, 0.25) is 5.91 Å². The topological polar surface area (TPSA) is 128 Å². The highest BCUT2D eigenvalue weighted by Gasteiger charge is 2.23. The predicted molar refractivity (Wildman–Crippen MR) is 70.1 cm³/mol. The molecule has 1 aromatic carbocycles. The van der Waals surface area contributed by atoms with E-state index in [1.54, 1.807) is 6.07 Å². The Balaban J connectivity index is 2.12. The first-order valence-corrected chi connectivity index (χ1v) is 6.19. The first-order chi connectivity index (χ1) is 9.97. The van der Waals surface area contributed by atoms with Gasteiger partial charge >= 0.3 is 5.97 Å². The number of carboxylic acid groups (broad SMARTS) is 1.